The molecule has 0 spiro atoms. The summed E-state index contributed by atoms with van der Waals surface area (Å²) in [5.41, 5.74) is 0. The molecule has 0 aromatic rings. The quantitative estimate of drug-likeness (QED) is 0.373. The van der Waals surface area contributed by atoms with Gasteiger partial charge in [-0.3, -0.25) is 8.42 Å². The molecule has 0 bridgehead atoms. The molecule has 2 unspecified atom stereocenters. The van der Waals surface area contributed by atoms with Gasteiger partial charge in [0.25, 0.3) is 4.27 Å². The minimum absolute atomic E-state index is 0. The molecular weight excluding hydrogens is 246 g/mol. The average molecular weight is 248 g/mol. The van der Waals surface area contributed by atoms with Crippen molar-refractivity contribution < 1.29 is 91.6 Å². The number of aliphatic carboxylic acids is 1. The molecule has 0 rings (SSSR count). The first kappa shape index (κ1) is 20.1. The molecule has 2 N–H and O–H groups in total. The van der Waals surface area contributed by atoms with Gasteiger partial charge in [0.05, 0.1) is 0 Å². The van der Waals surface area contributed by atoms with E-state index < -0.39 is 32.4 Å². The number of hydrogen-bond donors (Lipinski definition) is 2. The van der Waals surface area contributed by atoms with Crippen molar-refractivity contribution in [2.75, 3.05) is 0 Å². The van der Waals surface area contributed by atoms with Crippen LogP contribution in [0.3, 0.4) is 0 Å². The number of carbonyl (C=O) groups is 1. The number of rotatable bonds is 3. The normalized spacial score (nSPS) is 18.4. The monoisotopic (exact) mass is 248 g/mol. The summed E-state index contributed by atoms with van der Waals surface area (Å²) in [5.74, 6) is -2.36. The Morgan fingerprint density at radius 1 is 1.15 bits per heavy atom. The van der Waals surface area contributed by atoms with E-state index in [0.29, 0.717) is 0 Å². The zero-order valence-electron chi connectivity index (χ0n) is 6.75. The Labute approximate surface area is 122 Å². The van der Waals surface area contributed by atoms with Crippen LogP contribution in [0, 0.1) is 0 Å². The Kier molecular flexibility index (Phi) is 12.2. The van der Waals surface area contributed by atoms with Gasteiger partial charge in [-0.1, -0.05) is 0 Å². The van der Waals surface area contributed by atoms with Crippen LogP contribution in [0.5, 0.6) is 0 Å². The molecular formula is C2H2Na2O7S2. The van der Waals surface area contributed by atoms with Crippen molar-refractivity contribution in [3.05, 3.63) is 0 Å². The Morgan fingerprint density at radius 2 is 1.38 bits per heavy atom. The van der Waals surface area contributed by atoms with Crippen LogP contribution in [-0.2, 0) is 27.0 Å². The smallest absolute Gasteiger partial charge is 0.769 e. The van der Waals surface area contributed by atoms with E-state index in [-0.39, 0.29) is 59.1 Å². The molecule has 0 aliphatic carbocycles. The molecule has 0 radical (unpaired) electrons. The first-order valence-corrected chi connectivity index (χ1v) is 4.13. The third-order valence-corrected chi connectivity index (χ3v) is 2.79. The van der Waals surface area contributed by atoms with Crippen molar-refractivity contribution in [1.82, 2.24) is 0 Å². The van der Waals surface area contributed by atoms with Crippen LogP contribution in [-0.4, -0.2) is 38.0 Å². The van der Waals surface area contributed by atoms with E-state index in [1.165, 1.54) is 0 Å². The van der Waals surface area contributed by atoms with Gasteiger partial charge in [-0.05, 0) is 0 Å². The summed E-state index contributed by atoms with van der Waals surface area (Å²) in [6.07, 6.45) is 0. The molecule has 0 amide bonds. The fourth-order valence-electron chi connectivity index (χ4n) is 0.198. The molecule has 11 heteroatoms. The van der Waals surface area contributed by atoms with Crippen LogP contribution in [0.25, 0.3) is 0 Å². The molecule has 13 heavy (non-hydrogen) atoms. The van der Waals surface area contributed by atoms with Gasteiger partial charge in [0.2, 0.25) is 0 Å². The Balaban J connectivity index is -0.000000500. The molecule has 0 heterocycles. The van der Waals surface area contributed by atoms with Gasteiger partial charge in [0.1, 0.15) is 0 Å². The third kappa shape index (κ3) is 4.80. The summed E-state index contributed by atoms with van der Waals surface area (Å²) < 4.78 is 35.8. The summed E-state index contributed by atoms with van der Waals surface area (Å²) in [4.78, 5) is 9.87. The van der Waals surface area contributed by atoms with E-state index in [1.54, 1.807) is 0 Å². The van der Waals surface area contributed by atoms with Gasteiger partial charge < -0.3 is 19.3 Å². The van der Waals surface area contributed by atoms with Gasteiger partial charge in [0.15, 0.2) is 0 Å². The second-order valence-electron chi connectivity index (χ2n) is 1.36. The Hall–Kier alpha value is 1.65. The molecule has 7 nitrogen and oxygen atoms in total. The molecule has 0 saturated heterocycles. The van der Waals surface area contributed by atoms with E-state index in [1.807, 2.05) is 0 Å². The van der Waals surface area contributed by atoms with Crippen molar-refractivity contribution in [2.24, 2.45) is 0 Å². The van der Waals surface area contributed by atoms with Crippen LogP contribution in [0.2, 0.25) is 0 Å². The van der Waals surface area contributed by atoms with Crippen molar-refractivity contribution in [1.29, 1.82) is 0 Å². The van der Waals surface area contributed by atoms with Crippen molar-refractivity contribution in [3.63, 3.8) is 0 Å². The second-order valence-corrected chi connectivity index (χ2v) is 3.74. The van der Waals surface area contributed by atoms with Crippen molar-refractivity contribution in [2.45, 2.75) is 4.27 Å². The summed E-state index contributed by atoms with van der Waals surface area (Å²) >= 11 is -7.27. The minimum Gasteiger partial charge on any atom is -0.769 e. The van der Waals surface area contributed by atoms with Crippen molar-refractivity contribution in [3.8, 4) is 0 Å². The topological polar surface area (TPSA) is 138 Å². The van der Waals surface area contributed by atoms with Gasteiger partial charge in [-0.25, -0.2) is 4.79 Å². The predicted octanol–water partition coefficient (Wildman–Crippen LogP) is -8.52. The Bertz CT molecular complexity index is 192. The van der Waals surface area contributed by atoms with Crippen LogP contribution in [0.1, 0.15) is 0 Å². The van der Waals surface area contributed by atoms with E-state index in [4.69, 9.17) is 10.2 Å². The number of carboxylic acid groups (broad SMARTS) is 1. The zero-order valence-corrected chi connectivity index (χ0v) is 12.4. The Morgan fingerprint density at radius 3 is 1.38 bits per heavy atom. The maximum absolute atomic E-state index is 9.88. The largest absolute Gasteiger partial charge is 1.00 e. The minimum atomic E-state index is -3.75. The van der Waals surface area contributed by atoms with Crippen LogP contribution < -0.4 is 59.1 Å². The summed E-state index contributed by atoms with van der Waals surface area (Å²) in [5, 5.41) is 16.4. The standard InChI is InChI=1S/C2H4O7S2.2Na/c3-1(4)2(5,10(6)7)11(8)9;;/h5H,(H,3,4)(H,6,7)(H,8,9);;/q;2*+1/p-2. The molecule has 0 saturated carbocycles. The third-order valence-electron chi connectivity index (χ3n) is 0.722. The molecule has 0 aliphatic heterocycles. The first-order valence-electron chi connectivity index (χ1n) is 1.98. The van der Waals surface area contributed by atoms with Crippen molar-refractivity contribution >= 4 is 28.1 Å². The van der Waals surface area contributed by atoms with Crippen LogP contribution >= 0.6 is 0 Å². The van der Waals surface area contributed by atoms with Gasteiger partial charge in [0, 0.05) is 22.2 Å². The van der Waals surface area contributed by atoms with Gasteiger partial charge >= 0.3 is 65.1 Å². The summed E-state index contributed by atoms with van der Waals surface area (Å²) in [6.45, 7) is 0. The van der Waals surface area contributed by atoms with Crippen LogP contribution in [0.4, 0.5) is 0 Å². The first-order chi connectivity index (χ1) is 4.83. The molecule has 66 valence electrons. The fraction of sp³-hybridized carbons (Fsp3) is 0.500. The maximum Gasteiger partial charge on any atom is 1.00 e. The molecule has 0 aromatic heterocycles. The van der Waals surface area contributed by atoms with E-state index in [2.05, 4.69) is 0 Å². The molecule has 2 atom stereocenters. The molecule has 0 aliphatic rings. The van der Waals surface area contributed by atoms with E-state index >= 15 is 0 Å². The van der Waals surface area contributed by atoms with E-state index in [0.717, 1.165) is 0 Å². The predicted molar refractivity (Wildman–Crippen MR) is 30.4 cm³/mol. The second kappa shape index (κ2) is 7.88. The SMILES string of the molecule is O=C(O)C(O)(S(=O)[O-])S(=O)[O-].[Na+].[Na+]. The molecule has 0 fully saturated rings. The zero-order chi connectivity index (χ0) is 9.23. The fourth-order valence-corrected chi connectivity index (χ4v) is 0.928. The van der Waals surface area contributed by atoms with Crippen LogP contribution in [0.15, 0.2) is 0 Å². The molecule has 0 aromatic carbocycles. The number of aliphatic hydroxyl groups is 1. The summed E-state index contributed by atoms with van der Waals surface area (Å²) in [7, 11) is 0. The summed E-state index contributed by atoms with van der Waals surface area (Å²) in [6, 6.07) is 0. The van der Waals surface area contributed by atoms with Gasteiger partial charge in [-0.15, -0.1) is 0 Å². The average Bonchev–Trinajstić information content (AvgIpc) is 1.84. The van der Waals surface area contributed by atoms with Gasteiger partial charge in [-0.2, -0.15) is 0 Å². The maximum atomic E-state index is 9.88. The van der Waals surface area contributed by atoms with E-state index in [9.17, 15) is 22.3 Å². The number of hydrogen-bond acceptors (Lipinski definition) is 6. The number of carboxylic acids is 1.